The van der Waals surface area contributed by atoms with Gasteiger partial charge in [-0.25, -0.2) is 0 Å². The van der Waals surface area contributed by atoms with Crippen LogP contribution >= 0.6 is 34.9 Å². The van der Waals surface area contributed by atoms with Crippen LogP contribution in [0.3, 0.4) is 0 Å². The van der Waals surface area contributed by atoms with Gasteiger partial charge in [-0.15, -0.1) is 45.9 Å². The summed E-state index contributed by atoms with van der Waals surface area (Å²) in [7, 11) is -2.81. The van der Waals surface area contributed by atoms with Crippen LogP contribution in [0.2, 0.25) is 39.3 Å². The number of hydrogen-bond acceptors (Lipinski definition) is 5. The van der Waals surface area contributed by atoms with Gasteiger partial charge in [0, 0.05) is 22.0 Å². The van der Waals surface area contributed by atoms with Gasteiger partial charge in [0.05, 0.1) is 9.75 Å². The fourth-order valence-electron chi connectivity index (χ4n) is 2.35. The Labute approximate surface area is 190 Å². The topological polar surface area (TPSA) is 18.5 Å². The molecule has 0 fully saturated rings. The maximum absolute atomic E-state index is 6.04. The SMILES string of the molecule is CS/C(=C\C#C[Si](C)(C)C)c1sc(/C(=C/C#C[Si](C)(C)C)SC)c2c1OCCO2. The second-order valence-corrected chi connectivity index (χ2v) is 20.8. The Morgan fingerprint density at radius 3 is 1.48 bits per heavy atom. The van der Waals surface area contributed by atoms with Gasteiger partial charge >= 0.3 is 0 Å². The second-order valence-electron chi connectivity index (χ2n) is 8.58. The maximum Gasteiger partial charge on any atom is 0.181 e. The number of allylic oxidation sites excluding steroid dienone is 2. The molecule has 0 radical (unpaired) electrons. The van der Waals surface area contributed by atoms with Crippen LogP contribution in [0.25, 0.3) is 9.81 Å². The lowest BCUT2D eigenvalue weighted by Gasteiger charge is -2.17. The Hall–Kier alpha value is -0.966. The molecule has 156 valence electrons. The van der Waals surface area contributed by atoms with Crippen LogP contribution < -0.4 is 9.47 Å². The van der Waals surface area contributed by atoms with Gasteiger partial charge in [0.25, 0.3) is 0 Å². The van der Waals surface area contributed by atoms with E-state index in [1.165, 1.54) is 0 Å². The zero-order valence-electron chi connectivity index (χ0n) is 18.6. The van der Waals surface area contributed by atoms with E-state index >= 15 is 0 Å². The highest BCUT2D eigenvalue weighted by atomic mass is 32.2. The van der Waals surface area contributed by atoms with Gasteiger partial charge in [-0.1, -0.05) is 51.1 Å². The number of fused-ring (bicyclic) bond motifs is 1. The first-order valence-corrected chi connectivity index (χ1v) is 19.8. The lowest BCUT2D eigenvalue weighted by atomic mass is 10.3. The predicted molar refractivity (Wildman–Crippen MR) is 141 cm³/mol. The molecule has 0 atom stereocenters. The summed E-state index contributed by atoms with van der Waals surface area (Å²) < 4.78 is 12.1. The van der Waals surface area contributed by atoms with E-state index in [0.29, 0.717) is 13.2 Å². The third-order valence-electron chi connectivity index (χ3n) is 3.59. The number of thiophene rings is 1. The largest absolute Gasteiger partial charge is 0.485 e. The highest BCUT2D eigenvalue weighted by molar-refractivity contribution is 8.08. The normalized spacial score (nSPS) is 14.6. The fraction of sp³-hybridized carbons (Fsp3) is 0.455. The van der Waals surface area contributed by atoms with Crippen LogP contribution in [-0.4, -0.2) is 41.9 Å². The maximum atomic E-state index is 6.04. The molecule has 1 aliphatic rings. The molecule has 0 N–H and O–H groups in total. The van der Waals surface area contributed by atoms with Gasteiger partial charge < -0.3 is 9.47 Å². The smallest absolute Gasteiger partial charge is 0.181 e. The van der Waals surface area contributed by atoms with E-state index in [2.05, 4.69) is 74.7 Å². The molecule has 0 spiro atoms. The minimum Gasteiger partial charge on any atom is -0.485 e. The van der Waals surface area contributed by atoms with E-state index in [9.17, 15) is 0 Å². The molecule has 0 aromatic carbocycles. The second kappa shape index (κ2) is 10.4. The molecule has 7 heteroatoms. The molecule has 0 bridgehead atoms. The summed E-state index contributed by atoms with van der Waals surface area (Å²) in [4.78, 5) is 4.46. The fourth-order valence-corrected chi connectivity index (χ4v) is 6.03. The Morgan fingerprint density at radius 2 is 1.17 bits per heavy atom. The van der Waals surface area contributed by atoms with Crippen molar-refractivity contribution in [3.63, 3.8) is 0 Å². The van der Waals surface area contributed by atoms with Crippen molar-refractivity contribution in [2.45, 2.75) is 39.3 Å². The zero-order valence-corrected chi connectivity index (χ0v) is 23.1. The summed E-state index contributed by atoms with van der Waals surface area (Å²) in [6.07, 6.45) is 8.24. The standard InChI is InChI=1S/C22H30O2S3Si2/c1-25-17(11-9-15-28(3,4)5)21-19-20(24-14-13-23-19)22(27-21)18(26-2)12-10-16-29(6,7)8/h11-12H,13-14H2,1-8H3/b17-11-,18-12-. The molecular formula is C22H30O2S3Si2. The van der Waals surface area contributed by atoms with Crippen LogP contribution in [-0.2, 0) is 0 Å². The van der Waals surface area contributed by atoms with Crippen LogP contribution in [0.4, 0.5) is 0 Å². The molecule has 2 rings (SSSR count). The summed E-state index contributed by atoms with van der Waals surface area (Å²) in [5.41, 5.74) is 6.84. The summed E-state index contributed by atoms with van der Waals surface area (Å²) in [5, 5.41) is 0. The Bertz CT molecular complexity index is 849. The molecule has 1 aromatic rings. The predicted octanol–water partition coefficient (Wildman–Crippen LogP) is 6.69. The van der Waals surface area contributed by atoms with Gasteiger partial charge in [0.2, 0.25) is 0 Å². The molecule has 0 saturated carbocycles. The number of thioether (sulfide) groups is 2. The van der Waals surface area contributed by atoms with Gasteiger partial charge in [-0.3, -0.25) is 0 Å². The van der Waals surface area contributed by atoms with E-state index in [1.807, 2.05) is 12.2 Å². The molecule has 2 heterocycles. The van der Waals surface area contributed by atoms with Crippen molar-refractivity contribution < 1.29 is 9.47 Å². The van der Waals surface area contributed by atoms with E-state index in [-0.39, 0.29) is 0 Å². The zero-order chi connectivity index (χ0) is 21.7. The molecular weight excluding hydrogens is 449 g/mol. The van der Waals surface area contributed by atoms with Crippen molar-refractivity contribution in [1.29, 1.82) is 0 Å². The van der Waals surface area contributed by atoms with Crippen LogP contribution in [0.5, 0.6) is 11.5 Å². The Balaban J connectivity index is 2.54. The summed E-state index contributed by atoms with van der Waals surface area (Å²) in [5.74, 6) is 8.28. The van der Waals surface area contributed by atoms with E-state index in [0.717, 1.165) is 31.1 Å². The van der Waals surface area contributed by atoms with Crippen molar-refractivity contribution in [3.8, 4) is 34.4 Å². The number of rotatable bonds is 4. The molecule has 2 nitrogen and oxygen atoms in total. The first-order valence-electron chi connectivity index (χ1n) is 9.52. The lowest BCUT2D eigenvalue weighted by molar-refractivity contribution is 0.173. The molecule has 1 aromatic heterocycles. The third kappa shape index (κ3) is 7.34. The number of hydrogen-bond donors (Lipinski definition) is 0. The van der Waals surface area contributed by atoms with E-state index in [1.54, 1.807) is 34.9 Å². The first-order chi connectivity index (χ1) is 13.6. The molecule has 0 amide bonds. The molecule has 29 heavy (non-hydrogen) atoms. The van der Waals surface area contributed by atoms with Crippen molar-refractivity contribution in [2.75, 3.05) is 25.7 Å². The molecule has 0 aliphatic carbocycles. The van der Waals surface area contributed by atoms with E-state index < -0.39 is 16.1 Å². The van der Waals surface area contributed by atoms with Crippen molar-refractivity contribution >= 4 is 60.8 Å². The van der Waals surface area contributed by atoms with E-state index in [4.69, 9.17) is 9.47 Å². The highest BCUT2D eigenvalue weighted by Crippen LogP contribution is 2.52. The quantitative estimate of drug-likeness (QED) is 0.354. The first kappa shape index (κ1) is 24.3. The average molecular weight is 479 g/mol. The summed E-state index contributed by atoms with van der Waals surface area (Å²) in [6, 6.07) is 0. The van der Waals surface area contributed by atoms with Crippen LogP contribution in [0, 0.1) is 22.9 Å². The molecule has 0 saturated heterocycles. The minimum atomic E-state index is -1.41. The van der Waals surface area contributed by atoms with Gasteiger partial charge in [-0.05, 0) is 12.5 Å². The molecule has 0 unspecified atom stereocenters. The van der Waals surface area contributed by atoms with Crippen molar-refractivity contribution in [1.82, 2.24) is 0 Å². The number of ether oxygens (including phenoxy) is 2. The van der Waals surface area contributed by atoms with Crippen LogP contribution in [0.15, 0.2) is 12.2 Å². The Kier molecular flexibility index (Phi) is 8.69. The monoisotopic (exact) mass is 478 g/mol. The highest BCUT2D eigenvalue weighted by Gasteiger charge is 2.27. The van der Waals surface area contributed by atoms with Crippen molar-refractivity contribution in [2.24, 2.45) is 0 Å². The van der Waals surface area contributed by atoms with Crippen LogP contribution in [0.1, 0.15) is 9.75 Å². The molecule has 1 aliphatic heterocycles. The third-order valence-corrected chi connectivity index (χ3v) is 8.38. The average Bonchev–Trinajstić information content (AvgIpc) is 3.00. The van der Waals surface area contributed by atoms with Gasteiger partial charge in [-0.2, -0.15) is 0 Å². The summed E-state index contributed by atoms with van der Waals surface area (Å²) in [6.45, 7) is 14.7. The summed E-state index contributed by atoms with van der Waals surface area (Å²) >= 11 is 5.12. The minimum absolute atomic E-state index is 0.576. The van der Waals surface area contributed by atoms with Crippen molar-refractivity contribution in [3.05, 3.63) is 21.9 Å². The Morgan fingerprint density at radius 1 is 0.793 bits per heavy atom. The van der Waals surface area contributed by atoms with Gasteiger partial charge in [0.1, 0.15) is 29.4 Å². The lowest BCUT2D eigenvalue weighted by Crippen LogP contribution is -2.16. The van der Waals surface area contributed by atoms with Gasteiger partial charge in [0.15, 0.2) is 11.5 Å².